The number of fused-ring (bicyclic) bond motifs is 1. The summed E-state index contributed by atoms with van der Waals surface area (Å²) in [6.45, 7) is 2.45. The summed E-state index contributed by atoms with van der Waals surface area (Å²) in [5, 5.41) is 0. The zero-order valence-electron chi connectivity index (χ0n) is 7.26. The highest BCUT2D eigenvalue weighted by atomic mass is 79.9. The number of ether oxygens (including phenoxy) is 1. The van der Waals surface area contributed by atoms with Gasteiger partial charge in [-0.25, -0.2) is 0 Å². The number of rotatable bonds is 0. The zero-order chi connectivity index (χ0) is 9.42. The van der Waals surface area contributed by atoms with Gasteiger partial charge in [-0.1, -0.05) is 6.07 Å². The highest BCUT2D eigenvalue weighted by Gasteiger charge is 2.22. The summed E-state index contributed by atoms with van der Waals surface area (Å²) in [7, 11) is 0. The Kier molecular flexibility index (Phi) is 2.12. The summed E-state index contributed by atoms with van der Waals surface area (Å²) >= 11 is 3.36. The molecule has 0 unspecified atom stereocenters. The Morgan fingerprint density at radius 3 is 2.92 bits per heavy atom. The molecule has 0 spiro atoms. The predicted octanol–water partition coefficient (Wildman–Crippen LogP) is 2.72. The molecule has 0 N–H and O–H groups in total. The number of aryl methyl sites for hydroxylation is 1. The molecule has 0 saturated heterocycles. The maximum absolute atomic E-state index is 11.5. The van der Waals surface area contributed by atoms with Crippen molar-refractivity contribution >= 4 is 21.7 Å². The lowest BCUT2D eigenvalue weighted by molar-refractivity contribution is 0.0932. The third-order valence-corrected chi connectivity index (χ3v) is 2.82. The third-order valence-electron chi connectivity index (χ3n) is 2.16. The van der Waals surface area contributed by atoms with Gasteiger partial charge in [-0.15, -0.1) is 0 Å². The van der Waals surface area contributed by atoms with Crippen molar-refractivity contribution in [3.63, 3.8) is 0 Å². The average molecular weight is 241 g/mol. The van der Waals surface area contributed by atoms with E-state index in [1.54, 1.807) is 0 Å². The first kappa shape index (κ1) is 8.75. The fraction of sp³-hybridized carbons (Fsp3) is 0.300. The minimum atomic E-state index is 0.164. The SMILES string of the molecule is Cc1ccc(Br)c2c1OCCC2=O. The molecule has 1 heterocycles. The summed E-state index contributed by atoms with van der Waals surface area (Å²) in [4.78, 5) is 11.5. The molecule has 0 aromatic heterocycles. The van der Waals surface area contributed by atoms with Crippen molar-refractivity contribution in [2.75, 3.05) is 6.61 Å². The molecule has 68 valence electrons. The van der Waals surface area contributed by atoms with Gasteiger partial charge in [0.2, 0.25) is 0 Å². The van der Waals surface area contributed by atoms with Crippen molar-refractivity contribution in [2.45, 2.75) is 13.3 Å². The van der Waals surface area contributed by atoms with Crippen LogP contribution in [-0.4, -0.2) is 12.4 Å². The van der Waals surface area contributed by atoms with Gasteiger partial charge >= 0.3 is 0 Å². The Labute approximate surface area is 85.0 Å². The van der Waals surface area contributed by atoms with Gasteiger partial charge in [0.15, 0.2) is 5.78 Å². The quantitative estimate of drug-likeness (QED) is 0.698. The normalized spacial score (nSPS) is 15.1. The molecular formula is C10H9BrO2. The number of hydrogen-bond acceptors (Lipinski definition) is 2. The lowest BCUT2D eigenvalue weighted by Crippen LogP contribution is -2.16. The van der Waals surface area contributed by atoms with Gasteiger partial charge in [0.1, 0.15) is 5.75 Å². The smallest absolute Gasteiger partial charge is 0.171 e. The Morgan fingerprint density at radius 1 is 1.46 bits per heavy atom. The molecule has 0 radical (unpaired) electrons. The summed E-state index contributed by atoms with van der Waals surface area (Å²) in [5.74, 6) is 0.905. The molecule has 0 fully saturated rings. The van der Waals surface area contributed by atoms with Crippen LogP contribution < -0.4 is 4.74 Å². The molecule has 1 aromatic carbocycles. The van der Waals surface area contributed by atoms with E-state index in [-0.39, 0.29) is 5.78 Å². The van der Waals surface area contributed by atoms with E-state index >= 15 is 0 Å². The maximum Gasteiger partial charge on any atom is 0.171 e. The second-order valence-corrected chi connectivity index (χ2v) is 3.94. The van der Waals surface area contributed by atoms with Gasteiger partial charge in [0, 0.05) is 10.9 Å². The van der Waals surface area contributed by atoms with Crippen molar-refractivity contribution in [3.8, 4) is 5.75 Å². The van der Waals surface area contributed by atoms with E-state index in [9.17, 15) is 4.79 Å². The Bertz CT molecular complexity index is 371. The summed E-state index contributed by atoms with van der Waals surface area (Å²) in [6, 6.07) is 3.84. The van der Waals surface area contributed by atoms with E-state index < -0.39 is 0 Å². The van der Waals surface area contributed by atoms with Gasteiger partial charge < -0.3 is 4.74 Å². The van der Waals surface area contributed by atoms with E-state index in [1.807, 2.05) is 19.1 Å². The van der Waals surface area contributed by atoms with E-state index in [0.29, 0.717) is 18.6 Å². The van der Waals surface area contributed by atoms with Gasteiger partial charge in [-0.2, -0.15) is 0 Å². The molecule has 3 heteroatoms. The van der Waals surface area contributed by atoms with Gasteiger partial charge in [0.25, 0.3) is 0 Å². The van der Waals surface area contributed by atoms with Crippen molar-refractivity contribution in [3.05, 3.63) is 27.7 Å². The van der Waals surface area contributed by atoms with Crippen LogP contribution in [0.25, 0.3) is 0 Å². The minimum absolute atomic E-state index is 0.164. The third kappa shape index (κ3) is 1.37. The van der Waals surface area contributed by atoms with Crippen molar-refractivity contribution in [1.82, 2.24) is 0 Å². The topological polar surface area (TPSA) is 26.3 Å². The van der Waals surface area contributed by atoms with E-state index in [2.05, 4.69) is 15.9 Å². The van der Waals surface area contributed by atoms with Crippen LogP contribution in [0.2, 0.25) is 0 Å². The molecule has 0 atom stereocenters. The number of Topliss-reactive ketones (excluding diaryl/α,β-unsaturated/α-hetero) is 1. The van der Waals surface area contributed by atoms with Gasteiger partial charge in [0.05, 0.1) is 12.2 Å². The number of halogens is 1. The first-order chi connectivity index (χ1) is 6.20. The first-order valence-electron chi connectivity index (χ1n) is 4.15. The second kappa shape index (κ2) is 3.14. The van der Waals surface area contributed by atoms with Crippen LogP contribution in [0.1, 0.15) is 22.3 Å². The molecule has 0 aliphatic carbocycles. The van der Waals surface area contributed by atoms with E-state index in [0.717, 1.165) is 15.8 Å². The summed E-state index contributed by atoms with van der Waals surface area (Å²) in [6.07, 6.45) is 0.481. The van der Waals surface area contributed by atoms with Crippen molar-refractivity contribution < 1.29 is 9.53 Å². The van der Waals surface area contributed by atoms with Crippen LogP contribution in [0.3, 0.4) is 0 Å². The van der Waals surface area contributed by atoms with Crippen LogP contribution in [0.15, 0.2) is 16.6 Å². The van der Waals surface area contributed by atoms with Crippen molar-refractivity contribution in [2.24, 2.45) is 0 Å². The van der Waals surface area contributed by atoms with Gasteiger partial charge in [-0.3, -0.25) is 4.79 Å². The number of ketones is 1. The standard InChI is InChI=1S/C10H9BrO2/c1-6-2-3-7(11)9-8(12)4-5-13-10(6)9/h2-3H,4-5H2,1H3. The first-order valence-corrected chi connectivity index (χ1v) is 4.94. The molecule has 2 nitrogen and oxygen atoms in total. The molecule has 0 amide bonds. The minimum Gasteiger partial charge on any atom is -0.492 e. The average Bonchev–Trinajstić information content (AvgIpc) is 2.12. The predicted molar refractivity (Wildman–Crippen MR) is 53.3 cm³/mol. The highest BCUT2D eigenvalue weighted by Crippen LogP contribution is 2.33. The maximum atomic E-state index is 11.5. The van der Waals surface area contributed by atoms with E-state index in [1.165, 1.54) is 0 Å². The monoisotopic (exact) mass is 240 g/mol. The van der Waals surface area contributed by atoms with Crippen LogP contribution in [0, 0.1) is 6.92 Å². The molecule has 1 aromatic rings. The molecule has 13 heavy (non-hydrogen) atoms. The zero-order valence-corrected chi connectivity index (χ0v) is 8.85. The summed E-state index contributed by atoms with van der Waals surface area (Å²) < 4.78 is 6.29. The molecule has 1 aliphatic heterocycles. The summed E-state index contributed by atoms with van der Waals surface area (Å²) in [5.41, 5.74) is 1.72. The van der Waals surface area contributed by atoms with Crippen molar-refractivity contribution in [1.29, 1.82) is 0 Å². The fourth-order valence-electron chi connectivity index (χ4n) is 1.48. The second-order valence-electron chi connectivity index (χ2n) is 3.09. The van der Waals surface area contributed by atoms with Crippen LogP contribution in [0.4, 0.5) is 0 Å². The number of carbonyl (C=O) groups excluding carboxylic acids is 1. The number of carbonyl (C=O) groups is 1. The Morgan fingerprint density at radius 2 is 2.23 bits per heavy atom. The lowest BCUT2D eigenvalue weighted by atomic mass is 10.0. The van der Waals surface area contributed by atoms with Gasteiger partial charge in [-0.05, 0) is 34.5 Å². The van der Waals surface area contributed by atoms with E-state index in [4.69, 9.17) is 4.74 Å². The molecular weight excluding hydrogens is 232 g/mol. The molecule has 2 rings (SSSR count). The molecule has 0 bridgehead atoms. The van der Waals surface area contributed by atoms with Crippen LogP contribution in [0.5, 0.6) is 5.75 Å². The molecule has 0 saturated carbocycles. The molecule has 1 aliphatic rings. The lowest BCUT2D eigenvalue weighted by Gasteiger charge is -2.19. The van der Waals surface area contributed by atoms with Crippen LogP contribution >= 0.6 is 15.9 Å². The Balaban J connectivity index is 2.67. The van der Waals surface area contributed by atoms with Crippen LogP contribution in [-0.2, 0) is 0 Å². The number of benzene rings is 1. The largest absolute Gasteiger partial charge is 0.492 e. The number of hydrogen-bond donors (Lipinski definition) is 0. The highest BCUT2D eigenvalue weighted by molar-refractivity contribution is 9.10. The fourth-order valence-corrected chi connectivity index (χ4v) is 2.01. The Hall–Kier alpha value is -0.830.